The van der Waals surface area contributed by atoms with Gasteiger partial charge in [0.1, 0.15) is 0 Å². The highest BCUT2D eigenvalue weighted by Gasteiger charge is 2.27. The van der Waals surface area contributed by atoms with Gasteiger partial charge in [-0.15, -0.1) is 0 Å². The lowest BCUT2D eigenvalue weighted by Crippen LogP contribution is -2.23. The molecule has 20 heavy (non-hydrogen) atoms. The quantitative estimate of drug-likeness (QED) is 0.712. The molecule has 2 aromatic rings. The Labute approximate surface area is 129 Å². The van der Waals surface area contributed by atoms with Gasteiger partial charge in [0.05, 0.1) is 6.04 Å². The van der Waals surface area contributed by atoms with Crippen LogP contribution in [-0.2, 0) is 0 Å². The van der Waals surface area contributed by atoms with Crippen LogP contribution in [0.5, 0.6) is 0 Å². The topological polar surface area (TPSA) is 3.24 Å². The highest BCUT2D eigenvalue weighted by atomic mass is 79.9. The van der Waals surface area contributed by atoms with E-state index in [4.69, 9.17) is 0 Å². The van der Waals surface area contributed by atoms with Gasteiger partial charge in [0, 0.05) is 16.7 Å². The van der Waals surface area contributed by atoms with E-state index in [-0.39, 0.29) is 0 Å². The van der Waals surface area contributed by atoms with Crippen LogP contribution in [0.15, 0.2) is 46.9 Å². The monoisotopic (exact) mass is 329 g/mol. The highest BCUT2D eigenvalue weighted by molar-refractivity contribution is 9.10. The Morgan fingerprint density at radius 2 is 1.80 bits per heavy atom. The molecule has 0 saturated carbocycles. The lowest BCUT2D eigenvalue weighted by Gasteiger charge is -2.29. The van der Waals surface area contributed by atoms with Gasteiger partial charge in [0.15, 0.2) is 0 Å². The number of halogens is 1. The summed E-state index contributed by atoms with van der Waals surface area (Å²) in [5, 5.41) is 0. The van der Waals surface area contributed by atoms with Crippen LogP contribution in [0.25, 0.3) is 0 Å². The molecule has 104 valence electrons. The van der Waals surface area contributed by atoms with E-state index < -0.39 is 0 Å². The van der Waals surface area contributed by atoms with Crippen LogP contribution in [0.1, 0.15) is 35.6 Å². The Morgan fingerprint density at radius 1 is 1.05 bits per heavy atom. The van der Waals surface area contributed by atoms with Crippen LogP contribution >= 0.6 is 15.9 Å². The van der Waals surface area contributed by atoms with E-state index in [1.807, 2.05) is 0 Å². The maximum atomic E-state index is 3.52. The van der Waals surface area contributed by atoms with E-state index in [2.05, 4.69) is 77.1 Å². The average molecular weight is 330 g/mol. The molecular weight excluding hydrogens is 310 g/mol. The first-order valence-electron chi connectivity index (χ1n) is 7.25. The van der Waals surface area contributed by atoms with E-state index in [0.717, 1.165) is 11.0 Å². The van der Waals surface area contributed by atoms with E-state index in [1.54, 1.807) is 0 Å². The van der Waals surface area contributed by atoms with Crippen molar-refractivity contribution >= 4 is 21.6 Å². The summed E-state index contributed by atoms with van der Waals surface area (Å²) in [7, 11) is 0. The van der Waals surface area contributed by atoms with Crippen molar-refractivity contribution in [3.8, 4) is 0 Å². The molecule has 1 aliphatic heterocycles. The molecule has 2 aromatic carbocycles. The molecular formula is C18H20BrN. The summed E-state index contributed by atoms with van der Waals surface area (Å²) in [4.78, 5) is 2.57. The van der Waals surface area contributed by atoms with Crippen molar-refractivity contribution < 1.29 is 0 Å². The van der Waals surface area contributed by atoms with Gasteiger partial charge in [0.25, 0.3) is 0 Å². The molecule has 0 aliphatic carbocycles. The number of nitrogens with zero attached hydrogens (tertiary/aromatic N) is 1. The Balaban J connectivity index is 1.96. The summed E-state index contributed by atoms with van der Waals surface area (Å²) >= 11 is 3.52. The van der Waals surface area contributed by atoms with Crippen LogP contribution in [0.3, 0.4) is 0 Å². The Bertz CT molecular complexity index is 603. The fourth-order valence-corrected chi connectivity index (χ4v) is 3.40. The zero-order valence-corrected chi connectivity index (χ0v) is 13.7. The number of hydrogen-bond donors (Lipinski definition) is 0. The summed E-state index contributed by atoms with van der Waals surface area (Å²) in [6.07, 6.45) is 2.52. The Morgan fingerprint density at radius 3 is 2.55 bits per heavy atom. The minimum Gasteiger partial charge on any atom is -0.364 e. The second kappa shape index (κ2) is 5.61. The molecule has 0 amide bonds. The van der Waals surface area contributed by atoms with Gasteiger partial charge in [-0.3, -0.25) is 0 Å². The second-order valence-electron chi connectivity index (χ2n) is 5.62. The van der Waals surface area contributed by atoms with Gasteiger partial charge in [-0.25, -0.2) is 0 Å². The number of benzene rings is 2. The maximum absolute atomic E-state index is 3.52. The minimum atomic E-state index is 0.517. The van der Waals surface area contributed by atoms with Gasteiger partial charge < -0.3 is 4.90 Å². The predicted molar refractivity (Wildman–Crippen MR) is 89.4 cm³/mol. The molecule has 1 heterocycles. The number of aryl methyl sites for hydroxylation is 1. The van der Waals surface area contributed by atoms with Gasteiger partial charge in [-0.2, -0.15) is 0 Å². The summed E-state index contributed by atoms with van der Waals surface area (Å²) in [5.74, 6) is 0. The predicted octanol–water partition coefficient (Wildman–Crippen LogP) is 5.41. The minimum absolute atomic E-state index is 0.517. The average Bonchev–Trinajstić information content (AvgIpc) is 2.92. The number of hydrogen-bond acceptors (Lipinski definition) is 1. The van der Waals surface area contributed by atoms with Crippen LogP contribution in [0.4, 0.5) is 5.69 Å². The molecule has 2 heteroatoms. The van der Waals surface area contributed by atoms with Crippen molar-refractivity contribution in [1.29, 1.82) is 0 Å². The van der Waals surface area contributed by atoms with E-state index in [0.29, 0.717) is 6.04 Å². The molecule has 0 spiro atoms. The summed E-state index contributed by atoms with van der Waals surface area (Å²) in [5.41, 5.74) is 5.61. The summed E-state index contributed by atoms with van der Waals surface area (Å²) in [6.45, 7) is 5.59. The molecule has 3 rings (SSSR count). The number of rotatable bonds is 2. The number of anilines is 1. The molecule has 0 N–H and O–H groups in total. The van der Waals surface area contributed by atoms with Crippen LogP contribution in [0, 0.1) is 13.8 Å². The van der Waals surface area contributed by atoms with Crippen molar-refractivity contribution in [3.63, 3.8) is 0 Å². The summed E-state index contributed by atoms with van der Waals surface area (Å²) in [6, 6.07) is 15.9. The van der Waals surface area contributed by atoms with E-state index >= 15 is 0 Å². The van der Waals surface area contributed by atoms with Crippen molar-refractivity contribution in [2.45, 2.75) is 32.7 Å². The molecule has 1 atom stereocenters. The zero-order chi connectivity index (χ0) is 14.1. The third-order valence-corrected chi connectivity index (χ3v) is 4.92. The molecule has 1 aliphatic rings. The Kier molecular flexibility index (Phi) is 3.84. The first-order chi connectivity index (χ1) is 9.66. The van der Waals surface area contributed by atoms with Gasteiger partial charge >= 0.3 is 0 Å². The van der Waals surface area contributed by atoms with Gasteiger partial charge in [-0.05, 0) is 61.6 Å². The first-order valence-corrected chi connectivity index (χ1v) is 8.04. The van der Waals surface area contributed by atoms with Gasteiger partial charge in [-0.1, -0.05) is 40.2 Å². The van der Waals surface area contributed by atoms with Crippen LogP contribution < -0.4 is 4.90 Å². The smallest absolute Gasteiger partial charge is 0.0543 e. The van der Waals surface area contributed by atoms with E-state index in [1.165, 1.54) is 35.2 Å². The van der Waals surface area contributed by atoms with Crippen molar-refractivity contribution in [2.75, 3.05) is 11.4 Å². The van der Waals surface area contributed by atoms with Crippen molar-refractivity contribution in [1.82, 2.24) is 0 Å². The fraction of sp³-hybridized carbons (Fsp3) is 0.333. The molecule has 1 fully saturated rings. The van der Waals surface area contributed by atoms with Crippen LogP contribution in [-0.4, -0.2) is 6.54 Å². The largest absolute Gasteiger partial charge is 0.364 e. The second-order valence-corrected chi connectivity index (χ2v) is 6.54. The molecule has 1 unspecified atom stereocenters. The lowest BCUT2D eigenvalue weighted by atomic mass is 10.0. The zero-order valence-electron chi connectivity index (χ0n) is 12.1. The standard InChI is InChI=1S/C18H20BrN/c1-13-5-3-6-17(14(13)2)20-12-4-7-18(20)15-8-10-16(19)11-9-15/h3,5-6,8-11,18H,4,7,12H2,1-2H3. The maximum Gasteiger partial charge on any atom is 0.0543 e. The molecule has 1 nitrogen and oxygen atoms in total. The normalized spacial score (nSPS) is 18.6. The molecule has 0 bridgehead atoms. The van der Waals surface area contributed by atoms with Gasteiger partial charge in [0.2, 0.25) is 0 Å². The molecule has 1 saturated heterocycles. The third kappa shape index (κ3) is 2.49. The van der Waals surface area contributed by atoms with Crippen molar-refractivity contribution in [3.05, 3.63) is 63.6 Å². The Hall–Kier alpha value is -1.28. The SMILES string of the molecule is Cc1cccc(N2CCCC2c2ccc(Br)cc2)c1C. The molecule has 0 aromatic heterocycles. The van der Waals surface area contributed by atoms with Crippen LogP contribution in [0.2, 0.25) is 0 Å². The van der Waals surface area contributed by atoms with Crippen molar-refractivity contribution in [2.24, 2.45) is 0 Å². The third-order valence-electron chi connectivity index (χ3n) is 4.39. The lowest BCUT2D eigenvalue weighted by molar-refractivity contribution is 0.717. The highest BCUT2D eigenvalue weighted by Crippen LogP contribution is 2.38. The first kappa shape index (κ1) is 13.7. The molecule has 0 radical (unpaired) electrons. The van der Waals surface area contributed by atoms with E-state index in [9.17, 15) is 0 Å². The fourth-order valence-electron chi connectivity index (χ4n) is 3.13. The summed E-state index contributed by atoms with van der Waals surface area (Å²) < 4.78 is 1.15.